The predicted octanol–water partition coefficient (Wildman–Crippen LogP) is 3.15. The minimum Gasteiger partial charge on any atom is -0.493 e. The molecule has 0 aliphatic heterocycles. The maximum Gasteiger partial charge on any atom is 0.224 e. The van der Waals surface area contributed by atoms with Crippen LogP contribution in [0.2, 0.25) is 0 Å². The van der Waals surface area contributed by atoms with E-state index >= 15 is 0 Å². The monoisotopic (exact) mass is 325 g/mol. The summed E-state index contributed by atoms with van der Waals surface area (Å²) in [5.74, 6) is 1.16. The number of benzene rings is 2. The Morgan fingerprint density at radius 2 is 1.96 bits per heavy atom. The number of aryl methyl sites for hydroxylation is 1. The van der Waals surface area contributed by atoms with Crippen molar-refractivity contribution in [2.75, 3.05) is 19.5 Å². The molecule has 0 fully saturated rings. The fourth-order valence-electron chi connectivity index (χ4n) is 2.53. The maximum absolute atomic E-state index is 12.2. The quantitative estimate of drug-likeness (QED) is 0.730. The van der Waals surface area contributed by atoms with Crippen LogP contribution in [0, 0.1) is 0 Å². The third-order valence-corrected chi connectivity index (χ3v) is 3.79. The highest BCUT2D eigenvalue weighted by Crippen LogP contribution is 2.29. The zero-order valence-electron chi connectivity index (χ0n) is 13.6. The van der Waals surface area contributed by atoms with E-state index in [4.69, 9.17) is 9.47 Å². The fourth-order valence-corrected chi connectivity index (χ4v) is 2.53. The van der Waals surface area contributed by atoms with Crippen molar-refractivity contribution < 1.29 is 14.3 Å². The molecule has 0 aliphatic rings. The smallest absolute Gasteiger partial charge is 0.224 e. The van der Waals surface area contributed by atoms with E-state index in [9.17, 15) is 4.79 Å². The van der Waals surface area contributed by atoms with Gasteiger partial charge < -0.3 is 19.8 Å². The number of carbonyl (C=O) groups excluding carboxylic acids is 1. The lowest BCUT2D eigenvalue weighted by atomic mass is 10.1. The van der Waals surface area contributed by atoms with E-state index in [1.54, 1.807) is 38.7 Å². The molecule has 24 heavy (non-hydrogen) atoms. The van der Waals surface area contributed by atoms with Gasteiger partial charge in [0.2, 0.25) is 5.91 Å². The third kappa shape index (κ3) is 3.48. The summed E-state index contributed by atoms with van der Waals surface area (Å²) in [7, 11) is 3.14. The number of carbonyl (C=O) groups is 1. The number of ether oxygens (including phenoxy) is 2. The predicted molar refractivity (Wildman–Crippen MR) is 92.6 cm³/mol. The van der Waals surface area contributed by atoms with Crippen LogP contribution in [0.25, 0.3) is 11.0 Å². The summed E-state index contributed by atoms with van der Waals surface area (Å²) >= 11 is 0. The Morgan fingerprint density at radius 3 is 2.75 bits per heavy atom. The highest BCUT2D eigenvalue weighted by molar-refractivity contribution is 5.91. The first kappa shape index (κ1) is 15.9. The van der Waals surface area contributed by atoms with E-state index in [-0.39, 0.29) is 5.91 Å². The van der Waals surface area contributed by atoms with E-state index in [0.29, 0.717) is 30.0 Å². The molecule has 1 amide bonds. The van der Waals surface area contributed by atoms with Gasteiger partial charge in [-0.3, -0.25) is 4.79 Å². The number of hydrogen-bond acceptors (Lipinski definition) is 4. The van der Waals surface area contributed by atoms with Gasteiger partial charge >= 0.3 is 0 Å². The number of nitrogens with one attached hydrogen (secondary N) is 2. The summed E-state index contributed by atoms with van der Waals surface area (Å²) in [5.41, 5.74) is 3.68. The summed E-state index contributed by atoms with van der Waals surface area (Å²) in [6.07, 6.45) is 2.72. The molecular formula is C18H19N3O3. The van der Waals surface area contributed by atoms with Crippen molar-refractivity contribution in [2.45, 2.75) is 12.8 Å². The molecule has 6 heteroatoms. The first-order valence-electron chi connectivity index (χ1n) is 7.63. The van der Waals surface area contributed by atoms with Crippen molar-refractivity contribution in [3.8, 4) is 11.5 Å². The Morgan fingerprint density at radius 1 is 1.12 bits per heavy atom. The Kier molecular flexibility index (Phi) is 4.65. The number of H-pyrrole nitrogens is 1. The van der Waals surface area contributed by atoms with Crippen molar-refractivity contribution in [1.82, 2.24) is 9.97 Å². The molecular weight excluding hydrogens is 306 g/mol. The lowest BCUT2D eigenvalue weighted by Gasteiger charge is -2.10. The number of anilines is 1. The number of hydrogen-bond donors (Lipinski definition) is 2. The molecule has 1 heterocycles. The van der Waals surface area contributed by atoms with Crippen LogP contribution in [0.4, 0.5) is 5.69 Å². The van der Waals surface area contributed by atoms with E-state index in [0.717, 1.165) is 16.6 Å². The molecule has 0 aliphatic carbocycles. The SMILES string of the molecule is COc1ccc(NC(=O)CCc2ccc3nc[nH]c3c2)cc1OC. The van der Waals surface area contributed by atoms with Gasteiger partial charge in [0, 0.05) is 18.2 Å². The molecule has 2 aromatic carbocycles. The van der Waals surface area contributed by atoms with Gasteiger partial charge in [0.05, 0.1) is 31.6 Å². The average molecular weight is 325 g/mol. The molecule has 0 radical (unpaired) electrons. The minimum absolute atomic E-state index is 0.0491. The molecule has 6 nitrogen and oxygen atoms in total. The van der Waals surface area contributed by atoms with Crippen LogP contribution < -0.4 is 14.8 Å². The average Bonchev–Trinajstić information content (AvgIpc) is 3.07. The topological polar surface area (TPSA) is 76.2 Å². The Bertz CT molecular complexity index is 858. The fraction of sp³-hybridized carbons (Fsp3) is 0.222. The molecule has 3 rings (SSSR count). The Labute approximate surface area is 139 Å². The summed E-state index contributed by atoms with van der Waals surface area (Å²) < 4.78 is 10.4. The molecule has 1 aromatic heterocycles. The first-order chi connectivity index (χ1) is 11.7. The molecule has 0 atom stereocenters. The standard InChI is InChI=1S/C18H19N3O3/c1-23-16-7-5-13(10-17(16)24-2)21-18(22)8-4-12-3-6-14-15(9-12)20-11-19-14/h3,5-7,9-11H,4,8H2,1-2H3,(H,19,20)(H,21,22). The normalized spacial score (nSPS) is 10.6. The number of nitrogens with zero attached hydrogens (tertiary/aromatic N) is 1. The number of fused-ring (bicyclic) bond motifs is 1. The van der Waals surface area contributed by atoms with Crippen LogP contribution >= 0.6 is 0 Å². The van der Waals surface area contributed by atoms with Crippen molar-refractivity contribution in [2.24, 2.45) is 0 Å². The Balaban J connectivity index is 1.61. The van der Waals surface area contributed by atoms with Crippen LogP contribution in [0.15, 0.2) is 42.7 Å². The van der Waals surface area contributed by atoms with Crippen LogP contribution in [-0.2, 0) is 11.2 Å². The summed E-state index contributed by atoms with van der Waals surface area (Å²) in [4.78, 5) is 19.4. The Hall–Kier alpha value is -3.02. The number of rotatable bonds is 6. The molecule has 0 saturated carbocycles. The maximum atomic E-state index is 12.2. The van der Waals surface area contributed by atoms with Gasteiger partial charge in [0.15, 0.2) is 11.5 Å². The van der Waals surface area contributed by atoms with Gasteiger partial charge in [-0.2, -0.15) is 0 Å². The van der Waals surface area contributed by atoms with Crippen LogP contribution in [0.5, 0.6) is 11.5 Å². The van der Waals surface area contributed by atoms with Crippen LogP contribution in [-0.4, -0.2) is 30.1 Å². The third-order valence-electron chi connectivity index (χ3n) is 3.79. The van der Waals surface area contributed by atoms with Crippen molar-refractivity contribution in [3.05, 3.63) is 48.3 Å². The molecule has 0 unspecified atom stereocenters. The zero-order chi connectivity index (χ0) is 16.9. The second-order valence-electron chi connectivity index (χ2n) is 5.37. The van der Waals surface area contributed by atoms with Crippen molar-refractivity contribution in [1.29, 1.82) is 0 Å². The summed E-state index contributed by atoms with van der Waals surface area (Å²) in [5, 5.41) is 2.88. The van der Waals surface area contributed by atoms with Gasteiger partial charge in [0.25, 0.3) is 0 Å². The molecule has 2 N–H and O–H groups in total. The van der Waals surface area contributed by atoms with E-state index in [1.807, 2.05) is 18.2 Å². The number of amides is 1. The lowest BCUT2D eigenvalue weighted by Crippen LogP contribution is -2.12. The highest BCUT2D eigenvalue weighted by Gasteiger charge is 2.08. The molecule has 3 aromatic rings. The van der Waals surface area contributed by atoms with Crippen molar-refractivity contribution in [3.63, 3.8) is 0 Å². The first-order valence-corrected chi connectivity index (χ1v) is 7.63. The van der Waals surface area contributed by atoms with E-state index in [2.05, 4.69) is 15.3 Å². The van der Waals surface area contributed by atoms with Gasteiger partial charge in [0.1, 0.15) is 0 Å². The van der Waals surface area contributed by atoms with Gasteiger partial charge in [-0.15, -0.1) is 0 Å². The summed E-state index contributed by atoms with van der Waals surface area (Å²) in [6.45, 7) is 0. The van der Waals surface area contributed by atoms with Crippen molar-refractivity contribution >= 4 is 22.6 Å². The number of aromatic amines is 1. The van der Waals surface area contributed by atoms with Crippen LogP contribution in [0.1, 0.15) is 12.0 Å². The second-order valence-corrected chi connectivity index (χ2v) is 5.37. The lowest BCUT2D eigenvalue weighted by molar-refractivity contribution is -0.116. The van der Waals surface area contributed by atoms with Gasteiger partial charge in [-0.1, -0.05) is 6.07 Å². The zero-order valence-corrected chi connectivity index (χ0v) is 13.6. The number of aromatic nitrogens is 2. The minimum atomic E-state index is -0.0491. The molecule has 0 spiro atoms. The largest absolute Gasteiger partial charge is 0.493 e. The summed E-state index contributed by atoms with van der Waals surface area (Å²) in [6, 6.07) is 11.3. The molecule has 0 saturated heterocycles. The second kappa shape index (κ2) is 7.04. The van der Waals surface area contributed by atoms with Gasteiger partial charge in [-0.25, -0.2) is 4.98 Å². The molecule has 0 bridgehead atoms. The molecule has 124 valence electrons. The number of imidazole rings is 1. The van der Waals surface area contributed by atoms with E-state index in [1.165, 1.54) is 0 Å². The van der Waals surface area contributed by atoms with Gasteiger partial charge in [-0.05, 0) is 36.2 Å². The van der Waals surface area contributed by atoms with E-state index < -0.39 is 0 Å². The highest BCUT2D eigenvalue weighted by atomic mass is 16.5. The number of methoxy groups -OCH3 is 2. The van der Waals surface area contributed by atoms with Crippen LogP contribution in [0.3, 0.4) is 0 Å².